The minimum Gasteiger partial charge on any atom is -0.399 e. The average molecular weight is 383 g/mol. The summed E-state index contributed by atoms with van der Waals surface area (Å²) in [5.41, 5.74) is 1.76. The number of hydrogen-bond donors (Lipinski definition) is 0. The highest BCUT2D eigenvalue weighted by molar-refractivity contribution is 6.62. The van der Waals surface area contributed by atoms with Crippen LogP contribution in [0.3, 0.4) is 0 Å². The van der Waals surface area contributed by atoms with Crippen molar-refractivity contribution in [3.05, 3.63) is 47.3 Å². The van der Waals surface area contributed by atoms with E-state index in [1.807, 2.05) is 58.0 Å². The van der Waals surface area contributed by atoms with Crippen LogP contribution in [0.5, 0.6) is 0 Å². The molecule has 1 fully saturated rings. The normalized spacial score (nSPS) is 18.5. The van der Waals surface area contributed by atoms with Gasteiger partial charge in [-0.05, 0) is 38.7 Å². The molecular weight excluding hydrogens is 353 g/mol. The summed E-state index contributed by atoms with van der Waals surface area (Å²) in [5, 5.41) is 4.03. The number of rotatable bonds is 5. The molecule has 150 valence electrons. The molecule has 0 spiro atoms. The molecule has 1 aliphatic rings. The summed E-state index contributed by atoms with van der Waals surface area (Å²) < 4.78 is 17.5. The van der Waals surface area contributed by atoms with E-state index in [0.717, 1.165) is 16.8 Å². The summed E-state index contributed by atoms with van der Waals surface area (Å²) in [6.07, 6.45) is 0.639. The molecule has 0 unspecified atom stereocenters. The van der Waals surface area contributed by atoms with Crippen molar-refractivity contribution in [2.24, 2.45) is 0 Å². The van der Waals surface area contributed by atoms with E-state index in [-0.39, 0.29) is 35.9 Å². The molecule has 1 aliphatic heterocycles. The molecule has 1 saturated heterocycles. The number of ketones is 1. The Hall–Kier alpha value is -1.92. The largest absolute Gasteiger partial charge is 0.494 e. The first-order chi connectivity index (χ1) is 12.9. The third-order valence-corrected chi connectivity index (χ3v) is 5.58. The lowest BCUT2D eigenvalue weighted by Gasteiger charge is -2.32. The monoisotopic (exact) mass is 383 g/mol. The summed E-state index contributed by atoms with van der Waals surface area (Å²) in [4.78, 5) is 12.4. The molecule has 6 heteroatoms. The van der Waals surface area contributed by atoms with Crippen molar-refractivity contribution in [1.29, 1.82) is 0 Å². The number of nitrogens with zero attached hydrogens (tertiary/aromatic N) is 1. The maximum atomic E-state index is 12.4. The van der Waals surface area contributed by atoms with Crippen LogP contribution in [0.2, 0.25) is 0 Å². The third-order valence-electron chi connectivity index (χ3n) is 5.58. The maximum Gasteiger partial charge on any atom is 0.494 e. The lowest BCUT2D eigenvalue weighted by Crippen LogP contribution is -2.41. The minimum absolute atomic E-state index is 0.108. The molecule has 28 heavy (non-hydrogen) atoms. The van der Waals surface area contributed by atoms with Gasteiger partial charge in [0.25, 0.3) is 0 Å². The van der Waals surface area contributed by atoms with E-state index >= 15 is 0 Å². The van der Waals surface area contributed by atoms with Crippen LogP contribution in [0.1, 0.15) is 65.5 Å². The first kappa shape index (κ1) is 20.8. The lowest BCUT2D eigenvalue weighted by atomic mass is 9.78. The SMILES string of the molecule is CC(C)(C)c1cc(CC(=O)Cc2ccc(B3OC(C)(C)C(C)(C)O3)cc2)no1. The number of carbonyl (C=O) groups is 1. The van der Waals surface area contributed by atoms with Gasteiger partial charge >= 0.3 is 7.12 Å². The fraction of sp³-hybridized carbons (Fsp3) is 0.545. The zero-order chi connectivity index (χ0) is 20.7. The molecule has 0 saturated carbocycles. The van der Waals surface area contributed by atoms with Gasteiger partial charge in [0.1, 0.15) is 11.5 Å². The zero-order valence-corrected chi connectivity index (χ0v) is 18.0. The topological polar surface area (TPSA) is 61.6 Å². The fourth-order valence-electron chi connectivity index (χ4n) is 3.01. The van der Waals surface area contributed by atoms with E-state index < -0.39 is 0 Å². The quantitative estimate of drug-likeness (QED) is 0.738. The summed E-state index contributed by atoms with van der Waals surface area (Å²) >= 11 is 0. The average Bonchev–Trinajstić information content (AvgIpc) is 3.10. The smallest absolute Gasteiger partial charge is 0.399 e. The summed E-state index contributed by atoms with van der Waals surface area (Å²) in [7, 11) is -0.388. The Labute approximate surface area is 167 Å². The van der Waals surface area contributed by atoms with Gasteiger partial charge in [-0.3, -0.25) is 4.79 Å². The minimum atomic E-state index is -0.388. The first-order valence-electron chi connectivity index (χ1n) is 9.80. The zero-order valence-electron chi connectivity index (χ0n) is 18.0. The van der Waals surface area contributed by atoms with Crippen LogP contribution in [0.25, 0.3) is 0 Å². The third kappa shape index (κ3) is 4.39. The fourth-order valence-corrected chi connectivity index (χ4v) is 3.01. The van der Waals surface area contributed by atoms with E-state index in [1.54, 1.807) is 0 Å². The van der Waals surface area contributed by atoms with Gasteiger partial charge in [0.15, 0.2) is 0 Å². The second-order valence-electron chi connectivity index (χ2n) is 9.65. The molecule has 2 heterocycles. The first-order valence-corrected chi connectivity index (χ1v) is 9.80. The summed E-state index contributed by atoms with van der Waals surface area (Å²) in [6, 6.07) is 9.74. The molecule has 0 amide bonds. The van der Waals surface area contributed by atoms with Crippen LogP contribution in [0, 0.1) is 0 Å². The van der Waals surface area contributed by atoms with Crippen molar-refractivity contribution in [2.75, 3.05) is 0 Å². The van der Waals surface area contributed by atoms with Gasteiger partial charge in [-0.15, -0.1) is 0 Å². The number of aromatic nitrogens is 1. The molecule has 2 aromatic rings. The van der Waals surface area contributed by atoms with Crippen molar-refractivity contribution in [3.63, 3.8) is 0 Å². The Bertz CT molecular complexity index is 830. The Morgan fingerprint density at radius 3 is 2.07 bits per heavy atom. The maximum absolute atomic E-state index is 12.4. The number of Topliss-reactive ketones (excluding diaryl/α,β-unsaturated/α-hetero) is 1. The van der Waals surface area contributed by atoms with Crippen molar-refractivity contribution >= 4 is 18.4 Å². The molecule has 0 bridgehead atoms. The van der Waals surface area contributed by atoms with Crippen molar-refractivity contribution < 1.29 is 18.6 Å². The van der Waals surface area contributed by atoms with Crippen LogP contribution < -0.4 is 5.46 Å². The van der Waals surface area contributed by atoms with Gasteiger partial charge in [0, 0.05) is 17.9 Å². The summed E-state index contributed by atoms with van der Waals surface area (Å²) in [6.45, 7) is 14.3. The highest BCUT2D eigenvalue weighted by atomic mass is 16.7. The van der Waals surface area contributed by atoms with Gasteiger partial charge in [-0.25, -0.2) is 0 Å². The highest BCUT2D eigenvalue weighted by Crippen LogP contribution is 2.36. The molecule has 0 N–H and O–H groups in total. The van der Waals surface area contributed by atoms with E-state index in [0.29, 0.717) is 12.1 Å². The lowest BCUT2D eigenvalue weighted by molar-refractivity contribution is -0.117. The molecule has 1 aromatic heterocycles. The van der Waals surface area contributed by atoms with Crippen molar-refractivity contribution in [3.8, 4) is 0 Å². The second kappa shape index (κ2) is 7.16. The number of carbonyl (C=O) groups excluding carboxylic acids is 1. The predicted octanol–water partition coefficient (Wildman–Crippen LogP) is 3.63. The number of benzene rings is 1. The summed E-state index contributed by atoms with van der Waals surface area (Å²) in [5.74, 6) is 0.902. The van der Waals surface area contributed by atoms with Crippen LogP contribution in [0.15, 0.2) is 34.9 Å². The van der Waals surface area contributed by atoms with Crippen molar-refractivity contribution in [1.82, 2.24) is 5.16 Å². The van der Waals surface area contributed by atoms with Crippen LogP contribution >= 0.6 is 0 Å². The molecule has 3 rings (SSSR count). The molecule has 5 nitrogen and oxygen atoms in total. The van der Waals surface area contributed by atoms with E-state index in [9.17, 15) is 4.79 Å². The molecule has 1 aromatic carbocycles. The van der Waals surface area contributed by atoms with Crippen LogP contribution in [-0.2, 0) is 32.4 Å². The Morgan fingerprint density at radius 1 is 1.00 bits per heavy atom. The van der Waals surface area contributed by atoms with Gasteiger partial charge in [0.05, 0.1) is 23.3 Å². The van der Waals surface area contributed by atoms with E-state index in [1.165, 1.54) is 0 Å². The number of hydrogen-bond acceptors (Lipinski definition) is 5. The van der Waals surface area contributed by atoms with E-state index in [2.05, 4.69) is 25.9 Å². The Morgan fingerprint density at radius 2 is 1.57 bits per heavy atom. The van der Waals surface area contributed by atoms with Gasteiger partial charge < -0.3 is 13.8 Å². The van der Waals surface area contributed by atoms with Gasteiger partial charge in [0.2, 0.25) is 0 Å². The molecule has 0 atom stereocenters. The molecule has 0 radical (unpaired) electrons. The van der Waals surface area contributed by atoms with Crippen LogP contribution in [0.4, 0.5) is 0 Å². The van der Waals surface area contributed by atoms with Gasteiger partial charge in [-0.1, -0.05) is 50.2 Å². The Balaban J connectivity index is 1.60. The second-order valence-corrected chi connectivity index (χ2v) is 9.65. The standard InChI is InChI=1S/C22H30BNO4/c1-20(2,3)19-14-17(24-26-19)13-18(25)12-15-8-10-16(11-9-15)23-27-21(4,5)22(6,7)28-23/h8-11,14H,12-13H2,1-7H3. The highest BCUT2D eigenvalue weighted by Gasteiger charge is 2.51. The molecular formula is C22H30BNO4. The van der Waals surface area contributed by atoms with Crippen LogP contribution in [-0.4, -0.2) is 29.3 Å². The van der Waals surface area contributed by atoms with Gasteiger partial charge in [-0.2, -0.15) is 0 Å². The predicted molar refractivity (Wildman–Crippen MR) is 110 cm³/mol. The Kier molecular flexibility index (Phi) is 5.32. The molecule has 0 aliphatic carbocycles. The van der Waals surface area contributed by atoms with E-state index in [4.69, 9.17) is 13.8 Å². The van der Waals surface area contributed by atoms with Crippen molar-refractivity contribution in [2.45, 2.75) is 77.9 Å².